The summed E-state index contributed by atoms with van der Waals surface area (Å²) in [6.07, 6.45) is 4.44. The highest BCUT2D eigenvalue weighted by atomic mass is 16.5. The van der Waals surface area contributed by atoms with Gasteiger partial charge < -0.3 is 10.5 Å². The van der Waals surface area contributed by atoms with E-state index in [1.807, 2.05) is 0 Å². The molecule has 2 N–H and O–H groups in total. The summed E-state index contributed by atoms with van der Waals surface area (Å²) in [6.45, 7) is 0. The van der Waals surface area contributed by atoms with E-state index in [2.05, 4.69) is 9.72 Å². The zero-order chi connectivity index (χ0) is 7.40. The van der Waals surface area contributed by atoms with Crippen molar-refractivity contribution in [3.05, 3.63) is 18.5 Å². The summed E-state index contributed by atoms with van der Waals surface area (Å²) < 4.78 is 4.48. The molecule has 0 aliphatic rings. The molecule has 0 fully saturated rings. The predicted molar refractivity (Wildman–Crippen MR) is 34.9 cm³/mol. The van der Waals surface area contributed by atoms with E-state index >= 15 is 0 Å². The van der Waals surface area contributed by atoms with Crippen molar-refractivity contribution < 1.29 is 4.74 Å². The van der Waals surface area contributed by atoms with Crippen molar-refractivity contribution in [3.63, 3.8) is 0 Å². The van der Waals surface area contributed by atoms with Gasteiger partial charge in [0, 0.05) is 12.3 Å². The minimum Gasteiger partial charge on any atom is -0.394 e. The van der Waals surface area contributed by atoms with Crippen LogP contribution in [0.4, 0.5) is 5.69 Å². The van der Waals surface area contributed by atoms with Gasteiger partial charge in [0.1, 0.15) is 0 Å². The van der Waals surface area contributed by atoms with Crippen LogP contribution in [0, 0.1) is 11.5 Å². The third-order valence-corrected chi connectivity index (χ3v) is 0.966. The van der Waals surface area contributed by atoms with Crippen molar-refractivity contribution >= 4 is 5.69 Å². The first-order chi connectivity index (χ1) is 4.84. The van der Waals surface area contributed by atoms with Crippen LogP contribution in [0.5, 0.6) is 5.75 Å². The molecule has 1 aromatic heterocycles. The molecule has 4 nitrogen and oxygen atoms in total. The van der Waals surface area contributed by atoms with E-state index in [0.717, 1.165) is 0 Å². The lowest BCUT2D eigenvalue weighted by Gasteiger charge is -1.96. The van der Waals surface area contributed by atoms with Crippen LogP contribution in [0.3, 0.4) is 0 Å². The van der Waals surface area contributed by atoms with Crippen molar-refractivity contribution in [1.29, 1.82) is 5.26 Å². The number of nitrogens with zero attached hydrogens (tertiary/aromatic N) is 2. The molecule has 0 saturated heterocycles. The molecule has 10 heavy (non-hydrogen) atoms. The number of pyridine rings is 1. The van der Waals surface area contributed by atoms with E-state index in [1.54, 1.807) is 0 Å². The highest BCUT2D eigenvalue weighted by Gasteiger charge is 1.96. The Kier molecular flexibility index (Phi) is 1.71. The zero-order valence-electron chi connectivity index (χ0n) is 5.11. The summed E-state index contributed by atoms with van der Waals surface area (Å²) in [6, 6.07) is 1.53. The summed E-state index contributed by atoms with van der Waals surface area (Å²) in [4.78, 5) is 3.71. The van der Waals surface area contributed by atoms with Crippen LogP contribution in [0.2, 0.25) is 0 Å². The van der Waals surface area contributed by atoms with Crippen molar-refractivity contribution in [2.45, 2.75) is 0 Å². The monoisotopic (exact) mass is 135 g/mol. The summed E-state index contributed by atoms with van der Waals surface area (Å²) in [5.41, 5.74) is 5.73. The molecule has 0 aliphatic heterocycles. The van der Waals surface area contributed by atoms with Crippen LogP contribution in [0.1, 0.15) is 0 Å². The average Bonchev–Trinajstić information content (AvgIpc) is 1.94. The normalized spacial score (nSPS) is 8.30. The average molecular weight is 135 g/mol. The maximum Gasteiger partial charge on any atom is 0.292 e. The Morgan fingerprint density at radius 2 is 2.50 bits per heavy atom. The van der Waals surface area contributed by atoms with Crippen molar-refractivity contribution in [2.75, 3.05) is 5.73 Å². The fourth-order valence-corrected chi connectivity index (χ4v) is 0.536. The predicted octanol–water partition coefficient (Wildman–Crippen LogP) is 0.524. The van der Waals surface area contributed by atoms with Gasteiger partial charge >= 0.3 is 0 Å². The number of hydrogen-bond acceptors (Lipinski definition) is 4. The fraction of sp³-hybridized carbons (Fsp3) is 0. The molecule has 0 aliphatic carbocycles. The lowest BCUT2D eigenvalue weighted by atomic mass is 10.4. The molecule has 1 heterocycles. The van der Waals surface area contributed by atoms with Crippen molar-refractivity contribution in [1.82, 2.24) is 4.98 Å². The number of ether oxygens (including phenoxy) is 1. The molecule has 0 radical (unpaired) electrons. The molecule has 50 valence electrons. The molecular formula is C6H5N3O. The Morgan fingerprint density at radius 1 is 1.70 bits per heavy atom. The first-order valence-corrected chi connectivity index (χ1v) is 2.60. The van der Waals surface area contributed by atoms with Crippen LogP contribution in [0.25, 0.3) is 0 Å². The molecule has 0 unspecified atom stereocenters. The molecule has 0 saturated carbocycles. The Morgan fingerprint density at radius 3 is 3.10 bits per heavy atom. The lowest BCUT2D eigenvalue weighted by Crippen LogP contribution is -1.91. The molecule has 0 aromatic carbocycles. The second-order valence-corrected chi connectivity index (χ2v) is 1.61. The van der Waals surface area contributed by atoms with E-state index in [-0.39, 0.29) is 0 Å². The van der Waals surface area contributed by atoms with Gasteiger partial charge in [-0.1, -0.05) is 0 Å². The number of aromatic nitrogens is 1. The first-order valence-electron chi connectivity index (χ1n) is 2.60. The van der Waals surface area contributed by atoms with Gasteiger partial charge in [0.2, 0.25) is 0 Å². The summed E-state index contributed by atoms with van der Waals surface area (Å²) in [5, 5.41) is 8.10. The van der Waals surface area contributed by atoms with Gasteiger partial charge in [0.05, 0.1) is 11.9 Å². The molecule has 0 atom stereocenters. The fourth-order valence-electron chi connectivity index (χ4n) is 0.536. The van der Waals surface area contributed by atoms with E-state index in [0.29, 0.717) is 11.4 Å². The molecule has 0 bridgehead atoms. The van der Waals surface area contributed by atoms with Gasteiger partial charge in [-0.05, 0) is 0 Å². The summed E-state index contributed by atoms with van der Waals surface area (Å²) in [5.74, 6) is 0.345. The maximum absolute atomic E-state index is 8.10. The highest BCUT2D eigenvalue weighted by Crippen LogP contribution is 2.17. The Bertz CT molecular complexity index is 266. The van der Waals surface area contributed by atoms with Gasteiger partial charge in [-0.2, -0.15) is 0 Å². The Labute approximate surface area is 57.9 Å². The van der Waals surface area contributed by atoms with Crippen molar-refractivity contribution in [3.8, 4) is 12.0 Å². The standard InChI is InChI=1S/C6H5N3O/c7-4-10-6-1-2-9-3-5(6)8/h1-3H,8H2. The van der Waals surface area contributed by atoms with Gasteiger partial charge in [-0.15, -0.1) is 5.26 Å². The van der Waals surface area contributed by atoms with Gasteiger partial charge in [-0.25, -0.2) is 0 Å². The van der Waals surface area contributed by atoms with E-state index in [4.69, 9.17) is 11.0 Å². The third kappa shape index (κ3) is 1.14. The smallest absolute Gasteiger partial charge is 0.292 e. The molecule has 0 amide bonds. The minimum absolute atomic E-state index is 0.345. The number of nitrogens with two attached hydrogens (primary N) is 1. The number of nitrogen functional groups attached to an aromatic ring is 1. The second kappa shape index (κ2) is 2.69. The van der Waals surface area contributed by atoms with E-state index in [9.17, 15) is 0 Å². The third-order valence-electron chi connectivity index (χ3n) is 0.966. The van der Waals surface area contributed by atoms with Gasteiger partial charge in [-0.3, -0.25) is 4.98 Å². The minimum atomic E-state index is 0.345. The van der Waals surface area contributed by atoms with Crippen LogP contribution in [-0.2, 0) is 0 Å². The van der Waals surface area contributed by atoms with Crippen LogP contribution in [-0.4, -0.2) is 4.98 Å². The molecule has 1 aromatic rings. The molecule has 1 rings (SSSR count). The quantitative estimate of drug-likeness (QED) is 0.570. The van der Waals surface area contributed by atoms with E-state index < -0.39 is 0 Å². The van der Waals surface area contributed by atoms with Gasteiger partial charge in [0.15, 0.2) is 5.75 Å². The van der Waals surface area contributed by atoms with Crippen molar-refractivity contribution in [2.24, 2.45) is 0 Å². The first kappa shape index (κ1) is 6.36. The van der Waals surface area contributed by atoms with Gasteiger partial charge in [0.25, 0.3) is 6.26 Å². The summed E-state index contributed by atoms with van der Waals surface area (Å²) in [7, 11) is 0. The lowest BCUT2D eigenvalue weighted by molar-refractivity contribution is 0.509. The number of hydrogen-bond donors (Lipinski definition) is 1. The SMILES string of the molecule is N#COc1ccncc1N. The Hall–Kier alpha value is -1.76. The second-order valence-electron chi connectivity index (χ2n) is 1.61. The Balaban J connectivity index is 2.94. The number of rotatable bonds is 1. The molecule has 0 spiro atoms. The number of nitriles is 1. The van der Waals surface area contributed by atoms with Crippen LogP contribution < -0.4 is 10.5 Å². The largest absolute Gasteiger partial charge is 0.394 e. The molecular weight excluding hydrogens is 130 g/mol. The van der Waals surface area contributed by atoms with Crippen LogP contribution >= 0.6 is 0 Å². The van der Waals surface area contributed by atoms with Crippen LogP contribution in [0.15, 0.2) is 18.5 Å². The molecule has 4 heteroatoms. The topological polar surface area (TPSA) is 71.9 Å². The number of anilines is 1. The summed E-state index contributed by atoms with van der Waals surface area (Å²) >= 11 is 0. The maximum atomic E-state index is 8.10. The zero-order valence-corrected chi connectivity index (χ0v) is 5.11. The van der Waals surface area contributed by atoms with E-state index in [1.165, 1.54) is 24.7 Å². The highest BCUT2D eigenvalue weighted by molar-refractivity contribution is 5.49.